The van der Waals surface area contributed by atoms with Gasteiger partial charge in [0.15, 0.2) is 0 Å². The van der Waals surface area contributed by atoms with Gasteiger partial charge in [0.25, 0.3) is 11.4 Å². The molecule has 1 aliphatic rings. The first-order valence-corrected chi connectivity index (χ1v) is 4.50. The number of hydrogen-bond acceptors (Lipinski definition) is 5. The van der Waals surface area contributed by atoms with E-state index in [1.807, 2.05) is 6.92 Å². The summed E-state index contributed by atoms with van der Waals surface area (Å²) in [6.07, 6.45) is 3.23. The molecule has 0 aromatic rings. The molecule has 0 saturated heterocycles. The smallest absolute Gasteiger partial charge is 0.273 e. The molecule has 0 unspecified atom stereocenters. The lowest BCUT2D eigenvalue weighted by atomic mass is 10.2. The Morgan fingerprint density at radius 3 is 2.07 bits per heavy atom. The summed E-state index contributed by atoms with van der Waals surface area (Å²) in [5.41, 5.74) is -0.282. The van der Waals surface area contributed by atoms with Crippen molar-refractivity contribution in [3.63, 3.8) is 0 Å². The van der Waals surface area contributed by atoms with E-state index in [9.17, 15) is 20.2 Å². The van der Waals surface area contributed by atoms with Gasteiger partial charge in [-0.3, -0.25) is 20.2 Å². The maximum absolute atomic E-state index is 10.5. The standard InChI is InChI=1S/C8H11N3O4/c1-2-3-9-5-7(10(12)13)4-8(6-9)11(14)15/h5-6H,2-4H2,1H3. The van der Waals surface area contributed by atoms with Gasteiger partial charge in [0.05, 0.1) is 22.2 Å². The van der Waals surface area contributed by atoms with Gasteiger partial charge < -0.3 is 4.90 Å². The van der Waals surface area contributed by atoms with Crippen molar-refractivity contribution in [2.75, 3.05) is 6.54 Å². The van der Waals surface area contributed by atoms with Gasteiger partial charge in [-0.1, -0.05) is 6.92 Å². The van der Waals surface area contributed by atoms with E-state index in [1.54, 1.807) is 0 Å². The van der Waals surface area contributed by atoms with Gasteiger partial charge >= 0.3 is 0 Å². The molecular weight excluding hydrogens is 202 g/mol. The predicted molar refractivity (Wildman–Crippen MR) is 51.8 cm³/mol. The summed E-state index contributed by atoms with van der Waals surface area (Å²) in [4.78, 5) is 21.4. The summed E-state index contributed by atoms with van der Waals surface area (Å²) >= 11 is 0. The van der Waals surface area contributed by atoms with Crippen LogP contribution in [0.3, 0.4) is 0 Å². The molecule has 0 bridgehead atoms. The summed E-state index contributed by atoms with van der Waals surface area (Å²) in [6.45, 7) is 2.43. The van der Waals surface area contributed by atoms with Crippen LogP contribution in [0, 0.1) is 20.2 Å². The molecule has 82 valence electrons. The third kappa shape index (κ3) is 2.76. The molecule has 0 atom stereocenters. The molecule has 1 heterocycles. The third-order valence-corrected chi connectivity index (χ3v) is 1.94. The van der Waals surface area contributed by atoms with E-state index in [4.69, 9.17) is 0 Å². The van der Waals surface area contributed by atoms with Crippen LogP contribution in [0.4, 0.5) is 0 Å². The first-order valence-electron chi connectivity index (χ1n) is 4.50. The minimum atomic E-state index is -0.584. The number of hydrogen-bond donors (Lipinski definition) is 0. The van der Waals surface area contributed by atoms with Crippen molar-refractivity contribution in [1.29, 1.82) is 0 Å². The summed E-state index contributed by atoms with van der Waals surface area (Å²) in [5, 5.41) is 21.1. The van der Waals surface area contributed by atoms with Crippen LogP contribution in [0.1, 0.15) is 19.8 Å². The molecule has 0 amide bonds. The fourth-order valence-electron chi connectivity index (χ4n) is 1.31. The van der Waals surface area contributed by atoms with Crippen LogP contribution >= 0.6 is 0 Å². The maximum atomic E-state index is 10.5. The van der Waals surface area contributed by atoms with Crippen molar-refractivity contribution < 1.29 is 9.85 Å². The Kier molecular flexibility index (Phi) is 3.37. The van der Waals surface area contributed by atoms with Gasteiger partial charge in [-0.05, 0) is 6.42 Å². The highest BCUT2D eigenvalue weighted by atomic mass is 16.6. The Morgan fingerprint density at radius 1 is 1.27 bits per heavy atom. The lowest BCUT2D eigenvalue weighted by Crippen LogP contribution is -2.21. The van der Waals surface area contributed by atoms with Crippen LogP contribution in [-0.2, 0) is 0 Å². The van der Waals surface area contributed by atoms with Crippen molar-refractivity contribution >= 4 is 0 Å². The highest BCUT2D eigenvalue weighted by Crippen LogP contribution is 2.19. The Labute approximate surface area is 86.0 Å². The maximum Gasteiger partial charge on any atom is 0.273 e. The van der Waals surface area contributed by atoms with E-state index in [0.717, 1.165) is 6.42 Å². The molecule has 0 aromatic heterocycles. The predicted octanol–water partition coefficient (Wildman–Crippen LogP) is 1.34. The van der Waals surface area contributed by atoms with E-state index >= 15 is 0 Å². The van der Waals surface area contributed by atoms with Crippen molar-refractivity contribution in [2.24, 2.45) is 0 Å². The van der Waals surface area contributed by atoms with Crippen LogP contribution in [0.5, 0.6) is 0 Å². The molecule has 1 rings (SSSR count). The molecule has 1 aliphatic heterocycles. The Bertz CT molecular complexity index is 318. The Balaban J connectivity index is 2.89. The van der Waals surface area contributed by atoms with E-state index in [0.29, 0.717) is 6.54 Å². The highest BCUT2D eigenvalue weighted by Gasteiger charge is 2.27. The van der Waals surface area contributed by atoms with Crippen LogP contribution in [0.2, 0.25) is 0 Å². The van der Waals surface area contributed by atoms with Crippen LogP contribution in [0.25, 0.3) is 0 Å². The van der Waals surface area contributed by atoms with Crippen molar-refractivity contribution in [2.45, 2.75) is 19.8 Å². The Hall–Kier alpha value is -1.92. The second-order valence-electron chi connectivity index (χ2n) is 3.17. The first kappa shape index (κ1) is 11.2. The van der Waals surface area contributed by atoms with Crippen LogP contribution in [-0.4, -0.2) is 21.3 Å². The lowest BCUT2D eigenvalue weighted by molar-refractivity contribution is -0.452. The largest absolute Gasteiger partial charge is 0.343 e. The molecule has 7 heteroatoms. The molecule has 0 spiro atoms. The Morgan fingerprint density at radius 2 is 1.73 bits per heavy atom. The van der Waals surface area contributed by atoms with Crippen LogP contribution in [0.15, 0.2) is 23.8 Å². The second-order valence-corrected chi connectivity index (χ2v) is 3.17. The number of rotatable bonds is 4. The molecule has 0 aliphatic carbocycles. The zero-order valence-corrected chi connectivity index (χ0v) is 8.25. The average Bonchev–Trinajstić information content (AvgIpc) is 2.17. The molecule has 0 N–H and O–H groups in total. The SMILES string of the molecule is CCCN1C=C([N+](=O)[O-])CC([N+](=O)[O-])=C1. The summed E-state index contributed by atoms with van der Waals surface area (Å²) in [5.74, 6) is 0. The molecule has 0 aromatic carbocycles. The average molecular weight is 213 g/mol. The minimum Gasteiger partial charge on any atom is -0.343 e. The van der Waals surface area contributed by atoms with Crippen molar-refractivity contribution in [3.05, 3.63) is 44.0 Å². The molecule has 0 radical (unpaired) electrons. The quantitative estimate of drug-likeness (QED) is 0.519. The zero-order valence-electron chi connectivity index (χ0n) is 8.25. The molecular formula is C8H11N3O4. The number of nitro groups is 2. The molecule has 7 nitrogen and oxygen atoms in total. The zero-order chi connectivity index (χ0) is 11.4. The van der Waals surface area contributed by atoms with Crippen molar-refractivity contribution in [3.8, 4) is 0 Å². The van der Waals surface area contributed by atoms with E-state index in [1.165, 1.54) is 17.3 Å². The second kappa shape index (κ2) is 4.54. The topological polar surface area (TPSA) is 89.5 Å². The normalized spacial score (nSPS) is 15.7. The van der Waals surface area contributed by atoms with Gasteiger partial charge in [0, 0.05) is 6.54 Å². The summed E-state index contributed by atoms with van der Waals surface area (Å²) in [6, 6.07) is 0. The third-order valence-electron chi connectivity index (χ3n) is 1.94. The highest BCUT2D eigenvalue weighted by molar-refractivity contribution is 5.11. The minimum absolute atomic E-state index is 0.141. The van der Waals surface area contributed by atoms with Gasteiger partial charge in [-0.15, -0.1) is 0 Å². The van der Waals surface area contributed by atoms with Gasteiger partial charge in [0.1, 0.15) is 6.42 Å². The van der Waals surface area contributed by atoms with Gasteiger partial charge in [-0.25, -0.2) is 0 Å². The molecule has 15 heavy (non-hydrogen) atoms. The van der Waals surface area contributed by atoms with E-state index < -0.39 is 9.85 Å². The molecule has 0 fully saturated rings. The van der Waals surface area contributed by atoms with Crippen LogP contribution < -0.4 is 0 Å². The fourth-order valence-corrected chi connectivity index (χ4v) is 1.31. The summed E-state index contributed by atoms with van der Waals surface area (Å²) in [7, 11) is 0. The van der Waals surface area contributed by atoms with Gasteiger partial charge in [0.2, 0.25) is 0 Å². The van der Waals surface area contributed by atoms with E-state index in [-0.39, 0.29) is 17.8 Å². The van der Waals surface area contributed by atoms with E-state index in [2.05, 4.69) is 0 Å². The lowest BCUT2D eigenvalue weighted by Gasteiger charge is -2.17. The fraction of sp³-hybridized carbons (Fsp3) is 0.500. The monoisotopic (exact) mass is 213 g/mol. The van der Waals surface area contributed by atoms with Gasteiger partial charge in [-0.2, -0.15) is 0 Å². The number of nitrogens with zero attached hydrogens (tertiary/aromatic N) is 3. The summed E-state index contributed by atoms with van der Waals surface area (Å²) < 4.78 is 0. The van der Waals surface area contributed by atoms with Crippen molar-refractivity contribution in [1.82, 2.24) is 4.90 Å². The first-order chi connectivity index (χ1) is 7.04. The molecule has 0 saturated carbocycles.